The van der Waals surface area contributed by atoms with Gasteiger partial charge in [-0.2, -0.15) is 13.2 Å². The lowest BCUT2D eigenvalue weighted by Gasteiger charge is -2.17. The van der Waals surface area contributed by atoms with E-state index in [2.05, 4.69) is 20.7 Å². The van der Waals surface area contributed by atoms with Crippen molar-refractivity contribution in [1.82, 2.24) is 0 Å². The van der Waals surface area contributed by atoms with Crippen LogP contribution in [-0.4, -0.2) is 31.8 Å². The van der Waals surface area contributed by atoms with Crippen molar-refractivity contribution in [2.24, 2.45) is 0 Å². The minimum Gasteiger partial charge on any atom is -0.362 e. The smallest absolute Gasteiger partial charge is 0.362 e. The maximum absolute atomic E-state index is 11.9. The van der Waals surface area contributed by atoms with Crippen LogP contribution in [0.4, 0.5) is 18.9 Å². The van der Waals surface area contributed by atoms with Crippen molar-refractivity contribution in [3.8, 4) is 0 Å². The molecule has 0 fully saturated rings. The van der Waals surface area contributed by atoms with Crippen LogP contribution in [-0.2, 0) is 16.0 Å². The molecular formula is C12H11BrF3NO2. The lowest BCUT2D eigenvalue weighted by atomic mass is 10.2. The van der Waals surface area contributed by atoms with Gasteiger partial charge in [-0.05, 0) is 24.1 Å². The molecular weight excluding hydrogens is 327 g/mol. The number of carbonyl (C=O) groups is 1. The van der Waals surface area contributed by atoms with E-state index in [-0.39, 0.29) is 0 Å². The fourth-order valence-electron chi connectivity index (χ4n) is 1.94. The van der Waals surface area contributed by atoms with Crippen LogP contribution in [0.3, 0.4) is 0 Å². The van der Waals surface area contributed by atoms with Gasteiger partial charge in [-0.3, -0.25) is 4.79 Å². The highest BCUT2D eigenvalue weighted by Crippen LogP contribution is 2.30. The number of hydrogen-bond acceptors (Lipinski definition) is 2. The Balaban J connectivity index is 1.97. The molecule has 1 amide bonds. The second-order valence-corrected chi connectivity index (χ2v) is 5.09. The van der Waals surface area contributed by atoms with Gasteiger partial charge in [0.25, 0.3) is 5.91 Å². The summed E-state index contributed by atoms with van der Waals surface area (Å²) in [6, 6.07) is 5.54. The monoisotopic (exact) mass is 337 g/mol. The Morgan fingerprint density at radius 2 is 2.16 bits per heavy atom. The van der Waals surface area contributed by atoms with Crippen molar-refractivity contribution in [2.75, 3.05) is 24.7 Å². The number of rotatable bonds is 3. The maximum Gasteiger partial charge on any atom is 0.411 e. The molecule has 0 bridgehead atoms. The van der Waals surface area contributed by atoms with E-state index in [1.807, 2.05) is 12.1 Å². The molecule has 0 N–H and O–H groups in total. The van der Waals surface area contributed by atoms with Crippen LogP contribution in [0.25, 0.3) is 0 Å². The summed E-state index contributed by atoms with van der Waals surface area (Å²) in [4.78, 5) is 13.3. The van der Waals surface area contributed by atoms with Gasteiger partial charge in [0.15, 0.2) is 0 Å². The average Bonchev–Trinajstić information content (AvgIpc) is 2.69. The number of halogens is 4. The van der Waals surface area contributed by atoms with Crippen molar-refractivity contribution in [3.63, 3.8) is 0 Å². The molecule has 2 rings (SSSR count). The zero-order chi connectivity index (χ0) is 14.0. The van der Waals surface area contributed by atoms with Gasteiger partial charge in [-0.1, -0.05) is 22.0 Å². The Morgan fingerprint density at radius 1 is 1.42 bits per heavy atom. The number of anilines is 1. The predicted octanol–water partition coefficient (Wildman–Crippen LogP) is 2.92. The van der Waals surface area contributed by atoms with Crippen LogP contribution < -0.4 is 4.90 Å². The lowest BCUT2D eigenvalue weighted by Crippen LogP contribution is -2.33. The first-order valence-corrected chi connectivity index (χ1v) is 6.39. The first-order chi connectivity index (χ1) is 8.87. The lowest BCUT2D eigenvalue weighted by molar-refractivity contribution is -0.175. The summed E-state index contributed by atoms with van der Waals surface area (Å²) in [5.41, 5.74) is 1.74. The molecule has 0 atom stereocenters. The Labute approximate surface area is 116 Å². The van der Waals surface area contributed by atoms with Gasteiger partial charge in [0, 0.05) is 16.7 Å². The number of carbonyl (C=O) groups excluding carboxylic acids is 1. The zero-order valence-electron chi connectivity index (χ0n) is 9.84. The molecule has 7 heteroatoms. The van der Waals surface area contributed by atoms with Crippen LogP contribution in [0.5, 0.6) is 0 Å². The second kappa shape index (κ2) is 5.50. The van der Waals surface area contributed by atoms with Crippen LogP contribution in [0, 0.1) is 0 Å². The number of amides is 1. The summed E-state index contributed by atoms with van der Waals surface area (Å²) in [7, 11) is 0. The van der Waals surface area contributed by atoms with Crippen molar-refractivity contribution in [3.05, 3.63) is 28.2 Å². The summed E-state index contributed by atoms with van der Waals surface area (Å²) in [6.07, 6.45) is -3.71. The third-order valence-electron chi connectivity index (χ3n) is 2.74. The molecule has 1 aromatic rings. The van der Waals surface area contributed by atoms with Crippen LogP contribution in [0.2, 0.25) is 0 Å². The van der Waals surface area contributed by atoms with Gasteiger partial charge in [-0.15, -0.1) is 0 Å². The summed E-state index contributed by atoms with van der Waals surface area (Å²) in [5, 5.41) is 0. The maximum atomic E-state index is 11.9. The molecule has 0 radical (unpaired) electrons. The molecule has 3 nitrogen and oxygen atoms in total. The molecule has 0 aliphatic carbocycles. The van der Waals surface area contributed by atoms with Crippen LogP contribution in [0.1, 0.15) is 5.56 Å². The van der Waals surface area contributed by atoms with E-state index >= 15 is 0 Å². The Morgan fingerprint density at radius 3 is 2.84 bits per heavy atom. The Hall–Kier alpha value is -1.08. The minimum atomic E-state index is -4.41. The normalized spacial score (nSPS) is 14.6. The van der Waals surface area contributed by atoms with E-state index in [9.17, 15) is 18.0 Å². The molecule has 19 heavy (non-hydrogen) atoms. The van der Waals surface area contributed by atoms with Gasteiger partial charge in [0.2, 0.25) is 0 Å². The van der Waals surface area contributed by atoms with E-state index in [1.165, 1.54) is 4.90 Å². The van der Waals surface area contributed by atoms with E-state index in [1.54, 1.807) is 6.07 Å². The number of fused-ring (bicyclic) bond motifs is 1. The molecule has 0 saturated heterocycles. The van der Waals surface area contributed by atoms with Gasteiger partial charge in [-0.25, -0.2) is 0 Å². The minimum absolute atomic E-state index is 0.457. The highest BCUT2D eigenvalue weighted by atomic mass is 79.9. The molecule has 0 spiro atoms. The standard InChI is InChI=1S/C12H11BrF3NO2/c13-9-2-1-8-3-4-17(10(8)5-9)11(18)6-19-7-12(14,15)16/h1-2,5H,3-4,6-7H2. The molecule has 1 aromatic carbocycles. The summed E-state index contributed by atoms with van der Waals surface area (Å²) in [5.74, 6) is -0.457. The Kier molecular flexibility index (Phi) is 4.15. The van der Waals surface area contributed by atoms with E-state index in [0.29, 0.717) is 13.0 Å². The van der Waals surface area contributed by atoms with E-state index < -0.39 is 25.3 Å². The zero-order valence-corrected chi connectivity index (χ0v) is 11.4. The van der Waals surface area contributed by atoms with Gasteiger partial charge >= 0.3 is 6.18 Å². The third-order valence-corrected chi connectivity index (χ3v) is 3.23. The molecule has 1 aliphatic rings. The van der Waals surface area contributed by atoms with Crippen molar-refractivity contribution in [1.29, 1.82) is 0 Å². The van der Waals surface area contributed by atoms with Crippen LogP contribution >= 0.6 is 15.9 Å². The highest BCUT2D eigenvalue weighted by molar-refractivity contribution is 9.10. The topological polar surface area (TPSA) is 29.5 Å². The van der Waals surface area contributed by atoms with Crippen molar-refractivity contribution in [2.45, 2.75) is 12.6 Å². The highest BCUT2D eigenvalue weighted by Gasteiger charge is 2.29. The average molecular weight is 338 g/mol. The summed E-state index contributed by atoms with van der Waals surface area (Å²) in [6.45, 7) is -1.50. The molecule has 0 saturated carbocycles. The molecule has 1 heterocycles. The number of ether oxygens (including phenoxy) is 1. The SMILES string of the molecule is O=C(COCC(F)(F)F)N1CCc2ccc(Br)cc21. The summed E-state index contributed by atoms with van der Waals surface area (Å²) < 4.78 is 41.0. The largest absolute Gasteiger partial charge is 0.411 e. The molecule has 0 unspecified atom stereocenters. The quantitative estimate of drug-likeness (QED) is 0.848. The summed E-state index contributed by atoms with van der Waals surface area (Å²) >= 11 is 3.30. The third kappa shape index (κ3) is 3.70. The van der Waals surface area contributed by atoms with Crippen LogP contribution in [0.15, 0.2) is 22.7 Å². The molecule has 0 aromatic heterocycles. The van der Waals surface area contributed by atoms with E-state index in [0.717, 1.165) is 15.7 Å². The first-order valence-electron chi connectivity index (χ1n) is 5.60. The van der Waals surface area contributed by atoms with Crippen molar-refractivity contribution >= 4 is 27.5 Å². The first kappa shape index (κ1) is 14.3. The molecule has 1 aliphatic heterocycles. The number of alkyl halides is 3. The Bertz CT molecular complexity index is 490. The number of nitrogens with zero attached hydrogens (tertiary/aromatic N) is 1. The predicted molar refractivity (Wildman–Crippen MR) is 67.1 cm³/mol. The van der Waals surface area contributed by atoms with Gasteiger partial charge in [0.1, 0.15) is 13.2 Å². The van der Waals surface area contributed by atoms with Gasteiger partial charge < -0.3 is 9.64 Å². The number of benzene rings is 1. The fourth-order valence-corrected chi connectivity index (χ4v) is 2.29. The molecule has 104 valence electrons. The number of hydrogen-bond donors (Lipinski definition) is 0. The fraction of sp³-hybridized carbons (Fsp3) is 0.417. The second-order valence-electron chi connectivity index (χ2n) is 4.18. The van der Waals surface area contributed by atoms with Gasteiger partial charge in [0.05, 0.1) is 0 Å². The van der Waals surface area contributed by atoms with E-state index in [4.69, 9.17) is 0 Å². The van der Waals surface area contributed by atoms with Crippen molar-refractivity contribution < 1.29 is 22.7 Å².